The molecule has 0 amide bonds. The second-order valence-corrected chi connectivity index (χ2v) is 6.43. The Kier molecular flexibility index (Phi) is 4.21. The molecule has 5 heteroatoms. The molecule has 3 aromatic heterocycles. The summed E-state index contributed by atoms with van der Waals surface area (Å²) in [5, 5.41) is 8.38. The molecule has 1 aromatic carbocycles. The average Bonchev–Trinajstić information content (AvgIpc) is 3.12. The van der Waals surface area contributed by atoms with Crippen LogP contribution in [-0.2, 0) is 12.8 Å². The van der Waals surface area contributed by atoms with E-state index in [1.54, 1.807) is 18.6 Å². The third-order valence-electron chi connectivity index (χ3n) is 4.82. The zero-order valence-corrected chi connectivity index (χ0v) is 14.8. The van der Waals surface area contributed by atoms with Gasteiger partial charge in [0.15, 0.2) is 5.65 Å². The first-order chi connectivity index (χ1) is 12.6. The number of aromatic nitrogens is 4. The molecule has 0 aliphatic heterocycles. The Morgan fingerprint density at radius 2 is 1.85 bits per heavy atom. The normalized spacial score (nSPS) is 11.2. The second kappa shape index (κ2) is 6.67. The molecule has 0 fully saturated rings. The summed E-state index contributed by atoms with van der Waals surface area (Å²) in [6, 6.07) is 13.3. The Morgan fingerprint density at radius 3 is 2.65 bits per heavy atom. The van der Waals surface area contributed by atoms with Crippen LogP contribution in [0.1, 0.15) is 22.5 Å². The standard InChI is InChI=1S/C21H19FN4/c1-14-5-3-7-20(22)17(14)10-8-16-9-11-19(21-25-24-13-26(16)21)18-6-4-12-23-15(18)2/h3-7,9,11-13H,8,10H2,1-2H3. The molecule has 0 aliphatic carbocycles. The highest BCUT2D eigenvalue weighted by Crippen LogP contribution is 2.27. The fourth-order valence-corrected chi connectivity index (χ4v) is 3.38. The molecule has 0 saturated carbocycles. The van der Waals surface area contributed by atoms with Crippen LogP contribution in [0.5, 0.6) is 0 Å². The van der Waals surface area contributed by atoms with E-state index in [9.17, 15) is 4.39 Å². The topological polar surface area (TPSA) is 43.1 Å². The van der Waals surface area contributed by atoms with Gasteiger partial charge in [-0.25, -0.2) is 4.39 Å². The summed E-state index contributed by atoms with van der Waals surface area (Å²) in [6.45, 7) is 3.93. The second-order valence-electron chi connectivity index (χ2n) is 6.43. The molecule has 0 N–H and O–H groups in total. The maximum Gasteiger partial charge on any atom is 0.168 e. The molecule has 4 aromatic rings. The first-order valence-corrected chi connectivity index (χ1v) is 8.63. The van der Waals surface area contributed by atoms with Crippen LogP contribution in [0.2, 0.25) is 0 Å². The van der Waals surface area contributed by atoms with E-state index < -0.39 is 0 Å². The molecule has 0 radical (unpaired) electrons. The minimum Gasteiger partial charge on any atom is -0.285 e. The van der Waals surface area contributed by atoms with Crippen molar-refractivity contribution in [2.45, 2.75) is 26.7 Å². The highest BCUT2D eigenvalue weighted by atomic mass is 19.1. The summed E-state index contributed by atoms with van der Waals surface area (Å²) in [6.07, 6.45) is 4.85. The SMILES string of the molecule is Cc1cccc(F)c1CCc1ccc(-c2cccnc2C)c2nncn12. The summed E-state index contributed by atoms with van der Waals surface area (Å²) in [5.74, 6) is -0.146. The van der Waals surface area contributed by atoms with E-state index in [0.29, 0.717) is 12.8 Å². The van der Waals surface area contributed by atoms with Crippen LogP contribution in [0, 0.1) is 19.7 Å². The van der Waals surface area contributed by atoms with Gasteiger partial charge in [-0.05, 0) is 62.1 Å². The van der Waals surface area contributed by atoms with Crippen molar-refractivity contribution in [2.75, 3.05) is 0 Å². The van der Waals surface area contributed by atoms with Crippen molar-refractivity contribution in [2.24, 2.45) is 0 Å². The minimum atomic E-state index is -0.146. The van der Waals surface area contributed by atoms with E-state index in [0.717, 1.165) is 39.3 Å². The van der Waals surface area contributed by atoms with Crippen LogP contribution in [-0.4, -0.2) is 19.6 Å². The number of benzene rings is 1. The molecule has 4 nitrogen and oxygen atoms in total. The molecule has 0 aliphatic rings. The van der Waals surface area contributed by atoms with Gasteiger partial charge in [-0.15, -0.1) is 10.2 Å². The molecule has 4 rings (SSSR count). The van der Waals surface area contributed by atoms with Gasteiger partial charge < -0.3 is 0 Å². The highest BCUT2D eigenvalue weighted by Gasteiger charge is 2.13. The first kappa shape index (κ1) is 16.4. The molecule has 26 heavy (non-hydrogen) atoms. The number of hydrogen-bond donors (Lipinski definition) is 0. The van der Waals surface area contributed by atoms with E-state index in [2.05, 4.69) is 27.3 Å². The van der Waals surface area contributed by atoms with E-state index in [1.165, 1.54) is 6.07 Å². The fraction of sp³-hybridized carbons (Fsp3) is 0.190. The lowest BCUT2D eigenvalue weighted by atomic mass is 10.0. The van der Waals surface area contributed by atoms with Crippen molar-refractivity contribution in [1.82, 2.24) is 19.6 Å². The van der Waals surface area contributed by atoms with Crippen molar-refractivity contribution >= 4 is 5.65 Å². The zero-order valence-electron chi connectivity index (χ0n) is 14.8. The van der Waals surface area contributed by atoms with Crippen molar-refractivity contribution in [1.29, 1.82) is 0 Å². The molecule has 0 unspecified atom stereocenters. The molecular weight excluding hydrogens is 327 g/mol. The molecular formula is C21H19FN4. The molecule has 0 atom stereocenters. The highest BCUT2D eigenvalue weighted by molar-refractivity contribution is 5.78. The lowest BCUT2D eigenvalue weighted by Gasteiger charge is -2.11. The van der Waals surface area contributed by atoms with Gasteiger partial charge in [0.1, 0.15) is 12.1 Å². The van der Waals surface area contributed by atoms with Gasteiger partial charge in [0.05, 0.1) is 0 Å². The summed E-state index contributed by atoms with van der Waals surface area (Å²) in [4.78, 5) is 4.37. The number of hydrogen-bond acceptors (Lipinski definition) is 3. The lowest BCUT2D eigenvalue weighted by molar-refractivity contribution is 0.605. The molecule has 0 bridgehead atoms. The number of rotatable bonds is 4. The van der Waals surface area contributed by atoms with E-state index in [-0.39, 0.29) is 5.82 Å². The van der Waals surface area contributed by atoms with Gasteiger partial charge in [-0.2, -0.15) is 0 Å². The number of nitrogens with zero attached hydrogens (tertiary/aromatic N) is 4. The molecule has 0 spiro atoms. The van der Waals surface area contributed by atoms with Crippen LogP contribution in [0.15, 0.2) is 55.0 Å². The van der Waals surface area contributed by atoms with Gasteiger partial charge in [-0.3, -0.25) is 9.38 Å². The molecule has 130 valence electrons. The quantitative estimate of drug-likeness (QED) is 0.552. The molecule has 0 saturated heterocycles. The average molecular weight is 346 g/mol. The Balaban J connectivity index is 1.71. The molecule has 3 heterocycles. The maximum absolute atomic E-state index is 14.1. The van der Waals surface area contributed by atoms with Crippen LogP contribution in [0.3, 0.4) is 0 Å². The fourth-order valence-electron chi connectivity index (χ4n) is 3.38. The van der Waals surface area contributed by atoms with Crippen molar-refractivity contribution < 1.29 is 4.39 Å². The Morgan fingerprint density at radius 1 is 0.962 bits per heavy atom. The van der Waals surface area contributed by atoms with Crippen molar-refractivity contribution in [3.8, 4) is 11.1 Å². The van der Waals surface area contributed by atoms with Crippen molar-refractivity contribution in [3.05, 3.63) is 83.3 Å². The van der Waals surface area contributed by atoms with E-state index in [1.807, 2.05) is 36.4 Å². The Hall–Kier alpha value is -3.08. The van der Waals surface area contributed by atoms with Crippen LogP contribution >= 0.6 is 0 Å². The van der Waals surface area contributed by atoms with Crippen LogP contribution in [0.25, 0.3) is 16.8 Å². The van der Waals surface area contributed by atoms with E-state index >= 15 is 0 Å². The van der Waals surface area contributed by atoms with E-state index in [4.69, 9.17) is 0 Å². The number of fused-ring (bicyclic) bond motifs is 1. The lowest BCUT2D eigenvalue weighted by Crippen LogP contribution is -2.03. The largest absolute Gasteiger partial charge is 0.285 e. The summed E-state index contributed by atoms with van der Waals surface area (Å²) in [7, 11) is 0. The van der Waals surface area contributed by atoms with Gasteiger partial charge in [0.2, 0.25) is 0 Å². The minimum absolute atomic E-state index is 0.146. The number of aryl methyl sites for hydroxylation is 3. The maximum atomic E-state index is 14.1. The third kappa shape index (κ3) is 2.86. The third-order valence-corrected chi connectivity index (χ3v) is 4.82. The number of halogens is 1. The Bertz CT molecular complexity index is 1060. The first-order valence-electron chi connectivity index (χ1n) is 8.63. The predicted molar refractivity (Wildman–Crippen MR) is 99.5 cm³/mol. The zero-order chi connectivity index (χ0) is 18.1. The summed E-state index contributed by atoms with van der Waals surface area (Å²) < 4.78 is 16.1. The van der Waals surface area contributed by atoms with Gasteiger partial charge in [0.25, 0.3) is 0 Å². The Labute approximate surface area is 151 Å². The summed E-state index contributed by atoms with van der Waals surface area (Å²) >= 11 is 0. The van der Waals surface area contributed by atoms with Crippen LogP contribution in [0.4, 0.5) is 4.39 Å². The van der Waals surface area contributed by atoms with Gasteiger partial charge in [0, 0.05) is 28.7 Å². The summed E-state index contributed by atoms with van der Waals surface area (Å²) in [5.41, 5.74) is 6.59. The van der Waals surface area contributed by atoms with Crippen LogP contribution < -0.4 is 0 Å². The van der Waals surface area contributed by atoms with Gasteiger partial charge in [-0.1, -0.05) is 18.2 Å². The smallest absolute Gasteiger partial charge is 0.168 e. The monoisotopic (exact) mass is 346 g/mol. The van der Waals surface area contributed by atoms with Crippen molar-refractivity contribution in [3.63, 3.8) is 0 Å². The number of pyridine rings is 2. The predicted octanol–water partition coefficient (Wildman–Crippen LogP) is 4.33. The van der Waals surface area contributed by atoms with Gasteiger partial charge >= 0.3 is 0 Å².